The maximum absolute atomic E-state index is 12.4. The van der Waals surface area contributed by atoms with E-state index in [-0.39, 0.29) is 12.5 Å². The second kappa shape index (κ2) is 7.11. The Balaban J connectivity index is 2.08. The molecule has 0 atom stereocenters. The highest BCUT2D eigenvalue weighted by Crippen LogP contribution is 2.21. The predicted octanol–water partition coefficient (Wildman–Crippen LogP) is 1.82. The average Bonchev–Trinajstić information content (AvgIpc) is 2.49. The Kier molecular flexibility index (Phi) is 5.46. The first-order valence-corrected chi connectivity index (χ1v) is 8.17. The maximum atomic E-state index is 12.4. The van der Waals surface area contributed by atoms with Crippen LogP contribution < -0.4 is 5.32 Å². The van der Waals surface area contributed by atoms with Crippen LogP contribution in [0.1, 0.15) is 28.8 Å². The lowest BCUT2D eigenvalue weighted by Gasteiger charge is -2.36. The topological polar surface area (TPSA) is 58.6 Å². The average molecular weight is 295 g/mol. The SMILES string of the molecule is CSCc1cccc(C(=O)NC2(CO)CCOCC2)c1. The first kappa shape index (κ1) is 15.4. The van der Waals surface area contributed by atoms with Gasteiger partial charge >= 0.3 is 0 Å². The van der Waals surface area contributed by atoms with Gasteiger partial charge < -0.3 is 15.2 Å². The van der Waals surface area contributed by atoms with Crippen molar-refractivity contribution in [3.05, 3.63) is 35.4 Å². The number of aliphatic hydroxyl groups is 1. The molecule has 110 valence electrons. The first-order chi connectivity index (χ1) is 9.69. The lowest BCUT2D eigenvalue weighted by atomic mass is 9.90. The van der Waals surface area contributed by atoms with E-state index in [1.807, 2.05) is 30.5 Å². The van der Waals surface area contributed by atoms with Gasteiger partial charge in [-0.2, -0.15) is 11.8 Å². The minimum Gasteiger partial charge on any atom is -0.394 e. The fourth-order valence-corrected chi connectivity index (χ4v) is 2.88. The van der Waals surface area contributed by atoms with Gasteiger partial charge in [0.1, 0.15) is 0 Å². The van der Waals surface area contributed by atoms with E-state index in [1.54, 1.807) is 11.8 Å². The Morgan fingerprint density at radius 2 is 2.20 bits per heavy atom. The number of hydrogen-bond acceptors (Lipinski definition) is 4. The molecule has 1 amide bonds. The molecule has 0 unspecified atom stereocenters. The summed E-state index contributed by atoms with van der Waals surface area (Å²) in [6, 6.07) is 7.64. The van der Waals surface area contributed by atoms with Crippen molar-refractivity contribution in [3.63, 3.8) is 0 Å². The van der Waals surface area contributed by atoms with Crippen LogP contribution in [0.3, 0.4) is 0 Å². The number of benzene rings is 1. The van der Waals surface area contributed by atoms with Crippen molar-refractivity contribution in [1.29, 1.82) is 0 Å². The molecule has 1 heterocycles. The molecule has 1 aliphatic heterocycles. The van der Waals surface area contributed by atoms with E-state index in [2.05, 4.69) is 5.32 Å². The molecule has 0 spiro atoms. The highest BCUT2D eigenvalue weighted by Gasteiger charge is 2.33. The lowest BCUT2D eigenvalue weighted by molar-refractivity contribution is 0.0125. The molecule has 0 saturated carbocycles. The highest BCUT2D eigenvalue weighted by atomic mass is 32.2. The summed E-state index contributed by atoms with van der Waals surface area (Å²) in [6.07, 6.45) is 3.34. The van der Waals surface area contributed by atoms with Crippen LogP contribution >= 0.6 is 11.8 Å². The van der Waals surface area contributed by atoms with Crippen molar-refractivity contribution in [3.8, 4) is 0 Å². The zero-order chi connectivity index (χ0) is 14.4. The molecule has 0 radical (unpaired) electrons. The Morgan fingerprint density at radius 1 is 1.45 bits per heavy atom. The van der Waals surface area contributed by atoms with E-state index in [0.29, 0.717) is 31.6 Å². The summed E-state index contributed by atoms with van der Waals surface area (Å²) >= 11 is 1.73. The minimum atomic E-state index is -0.537. The number of thioether (sulfide) groups is 1. The number of ether oxygens (including phenoxy) is 1. The Bertz CT molecular complexity index is 458. The van der Waals surface area contributed by atoms with E-state index >= 15 is 0 Å². The van der Waals surface area contributed by atoms with Crippen LogP contribution in [-0.2, 0) is 10.5 Å². The van der Waals surface area contributed by atoms with Gasteiger partial charge in [-0.1, -0.05) is 12.1 Å². The monoisotopic (exact) mass is 295 g/mol. The van der Waals surface area contributed by atoms with Gasteiger partial charge in [0.15, 0.2) is 0 Å². The zero-order valence-electron chi connectivity index (χ0n) is 11.7. The second-order valence-electron chi connectivity index (χ2n) is 5.14. The number of nitrogens with one attached hydrogen (secondary N) is 1. The Morgan fingerprint density at radius 3 is 2.85 bits per heavy atom. The maximum Gasteiger partial charge on any atom is 0.251 e. The van der Waals surface area contributed by atoms with Crippen molar-refractivity contribution >= 4 is 17.7 Å². The summed E-state index contributed by atoms with van der Waals surface area (Å²) in [7, 11) is 0. The Labute approximate surface area is 123 Å². The number of carbonyl (C=O) groups excluding carboxylic acids is 1. The van der Waals surface area contributed by atoms with E-state index in [4.69, 9.17) is 4.74 Å². The standard InChI is InChI=1S/C15H21NO3S/c1-20-10-12-3-2-4-13(9-12)14(18)16-15(11-17)5-7-19-8-6-15/h2-4,9,17H,5-8,10-11H2,1H3,(H,16,18). The third-order valence-corrected chi connectivity index (χ3v) is 4.25. The Hall–Kier alpha value is -1.04. The van der Waals surface area contributed by atoms with Crippen LogP contribution in [0.2, 0.25) is 0 Å². The van der Waals surface area contributed by atoms with Crippen LogP contribution in [0.15, 0.2) is 24.3 Å². The molecule has 1 fully saturated rings. The predicted molar refractivity (Wildman–Crippen MR) is 81.0 cm³/mol. The minimum absolute atomic E-state index is 0.0490. The summed E-state index contributed by atoms with van der Waals surface area (Å²) in [4.78, 5) is 12.4. The molecule has 1 saturated heterocycles. The molecule has 1 aromatic rings. The summed E-state index contributed by atoms with van der Waals surface area (Å²) in [5, 5.41) is 12.6. The van der Waals surface area contributed by atoms with Crippen molar-refractivity contribution < 1.29 is 14.6 Å². The van der Waals surface area contributed by atoms with Gasteiger partial charge in [0.2, 0.25) is 0 Å². The summed E-state index contributed by atoms with van der Waals surface area (Å²) in [5.41, 5.74) is 1.25. The lowest BCUT2D eigenvalue weighted by Crippen LogP contribution is -2.54. The molecule has 20 heavy (non-hydrogen) atoms. The van der Waals surface area contributed by atoms with Crippen LogP contribution in [0, 0.1) is 0 Å². The summed E-state index contributed by atoms with van der Waals surface area (Å²) < 4.78 is 5.30. The molecule has 5 heteroatoms. The smallest absolute Gasteiger partial charge is 0.251 e. The van der Waals surface area contributed by atoms with Crippen molar-refractivity contribution in [1.82, 2.24) is 5.32 Å². The molecule has 2 rings (SSSR count). The van der Waals surface area contributed by atoms with Crippen LogP contribution in [0.25, 0.3) is 0 Å². The van der Waals surface area contributed by atoms with Gasteiger partial charge in [-0.05, 0) is 36.8 Å². The quantitative estimate of drug-likeness (QED) is 0.870. The number of rotatable bonds is 5. The number of carbonyl (C=O) groups is 1. The molecule has 2 N–H and O–H groups in total. The van der Waals surface area contributed by atoms with Crippen LogP contribution in [0.5, 0.6) is 0 Å². The molecule has 0 bridgehead atoms. The van der Waals surface area contributed by atoms with Gasteiger partial charge in [-0.3, -0.25) is 4.79 Å². The molecule has 4 nitrogen and oxygen atoms in total. The third-order valence-electron chi connectivity index (χ3n) is 3.63. The molecular formula is C15H21NO3S. The molecule has 0 aliphatic carbocycles. The van der Waals surface area contributed by atoms with Gasteiger partial charge in [0.25, 0.3) is 5.91 Å². The highest BCUT2D eigenvalue weighted by molar-refractivity contribution is 7.97. The normalized spacial score (nSPS) is 17.7. The molecule has 0 aromatic heterocycles. The first-order valence-electron chi connectivity index (χ1n) is 6.78. The van der Waals surface area contributed by atoms with E-state index in [0.717, 1.165) is 11.3 Å². The van der Waals surface area contributed by atoms with Gasteiger partial charge in [0.05, 0.1) is 12.1 Å². The summed E-state index contributed by atoms with van der Waals surface area (Å²) in [5.74, 6) is 0.768. The van der Waals surface area contributed by atoms with E-state index < -0.39 is 5.54 Å². The van der Waals surface area contributed by atoms with Crippen molar-refractivity contribution in [2.45, 2.75) is 24.1 Å². The molecule has 1 aliphatic rings. The van der Waals surface area contributed by atoms with Crippen LogP contribution in [0.4, 0.5) is 0 Å². The van der Waals surface area contributed by atoms with E-state index in [1.165, 1.54) is 0 Å². The number of amides is 1. The third kappa shape index (κ3) is 3.75. The van der Waals surface area contributed by atoms with Gasteiger partial charge in [0, 0.05) is 24.5 Å². The second-order valence-corrected chi connectivity index (χ2v) is 6.00. The van der Waals surface area contributed by atoms with Crippen molar-refractivity contribution in [2.75, 3.05) is 26.1 Å². The molecular weight excluding hydrogens is 274 g/mol. The molecule has 1 aromatic carbocycles. The number of aliphatic hydroxyl groups excluding tert-OH is 1. The van der Waals surface area contributed by atoms with Gasteiger partial charge in [-0.25, -0.2) is 0 Å². The van der Waals surface area contributed by atoms with Crippen molar-refractivity contribution in [2.24, 2.45) is 0 Å². The fourth-order valence-electron chi connectivity index (χ4n) is 2.37. The largest absolute Gasteiger partial charge is 0.394 e. The summed E-state index contributed by atoms with van der Waals surface area (Å²) in [6.45, 7) is 1.10. The van der Waals surface area contributed by atoms with Crippen LogP contribution in [-0.4, -0.2) is 42.6 Å². The fraction of sp³-hybridized carbons (Fsp3) is 0.533. The van der Waals surface area contributed by atoms with Gasteiger partial charge in [-0.15, -0.1) is 0 Å². The number of hydrogen-bond donors (Lipinski definition) is 2. The van der Waals surface area contributed by atoms with E-state index in [9.17, 15) is 9.90 Å². The zero-order valence-corrected chi connectivity index (χ0v) is 12.5.